The third kappa shape index (κ3) is 4.09. The lowest BCUT2D eigenvalue weighted by Gasteiger charge is -2.20. The normalized spacial score (nSPS) is 16.1. The van der Waals surface area contributed by atoms with Crippen LogP contribution in [0.15, 0.2) is 0 Å². The Morgan fingerprint density at radius 2 is 2.06 bits per heavy atom. The van der Waals surface area contributed by atoms with Crippen LogP contribution in [0.25, 0.3) is 0 Å². The number of nitrogens with two attached hydrogens (primary N) is 1. The fraction of sp³-hybridized carbons (Fsp3) is 0.900. The molecule has 0 spiro atoms. The van der Waals surface area contributed by atoms with Crippen LogP contribution in [0.3, 0.4) is 0 Å². The summed E-state index contributed by atoms with van der Waals surface area (Å²) in [6.45, 7) is 2.81. The first-order valence-corrected chi connectivity index (χ1v) is 7.52. The molecule has 1 aliphatic carbocycles. The van der Waals surface area contributed by atoms with E-state index in [-0.39, 0.29) is 23.5 Å². The number of hydrogen-bond acceptors (Lipinski definition) is 4. The first-order chi connectivity index (χ1) is 7.50. The summed E-state index contributed by atoms with van der Waals surface area (Å²) in [6, 6.07) is 0.280. The van der Waals surface area contributed by atoms with Crippen molar-refractivity contribution in [2.45, 2.75) is 32.2 Å². The highest BCUT2D eigenvalue weighted by molar-refractivity contribution is 7.92. The van der Waals surface area contributed by atoms with Gasteiger partial charge in [0.1, 0.15) is 5.75 Å². The molecule has 1 aliphatic rings. The molecule has 1 amide bonds. The van der Waals surface area contributed by atoms with Crippen LogP contribution in [-0.2, 0) is 14.6 Å². The lowest BCUT2D eigenvalue weighted by molar-refractivity contribution is -0.128. The van der Waals surface area contributed by atoms with Crippen LogP contribution in [-0.4, -0.2) is 49.9 Å². The van der Waals surface area contributed by atoms with E-state index in [1.165, 1.54) is 0 Å². The fourth-order valence-electron chi connectivity index (χ4n) is 1.67. The third-order valence-corrected chi connectivity index (χ3v) is 4.25. The van der Waals surface area contributed by atoms with Gasteiger partial charge in [-0.15, -0.1) is 0 Å². The van der Waals surface area contributed by atoms with Crippen LogP contribution in [0.5, 0.6) is 0 Å². The molecule has 0 unspecified atom stereocenters. The van der Waals surface area contributed by atoms with Gasteiger partial charge in [-0.25, -0.2) is 8.42 Å². The SMILES string of the molecule is CCN(C(=O)CS(=O)(=O)CCCN)C1CC1. The molecule has 0 aromatic heterocycles. The Morgan fingerprint density at radius 1 is 1.44 bits per heavy atom. The van der Waals surface area contributed by atoms with E-state index in [2.05, 4.69) is 0 Å². The smallest absolute Gasteiger partial charge is 0.238 e. The van der Waals surface area contributed by atoms with Gasteiger partial charge in [-0.3, -0.25) is 4.79 Å². The lowest BCUT2D eigenvalue weighted by Crippen LogP contribution is -2.37. The summed E-state index contributed by atoms with van der Waals surface area (Å²) in [5.74, 6) is -0.614. The molecule has 16 heavy (non-hydrogen) atoms. The van der Waals surface area contributed by atoms with Gasteiger partial charge < -0.3 is 10.6 Å². The van der Waals surface area contributed by atoms with Crippen LogP contribution in [0.2, 0.25) is 0 Å². The average molecular weight is 248 g/mol. The van der Waals surface area contributed by atoms with Crippen LogP contribution < -0.4 is 5.73 Å². The molecule has 2 N–H and O–H groups in total. The van der Waals surface area contributed by atoms with Gasteiger partial charge in [0.05, 0.1) is 5.75 Å². The van der Waals surface area contributed by atoms with Gasteiger partial charge in [-0.1, -0.05) is 0 Å². The second kappa shape index (κ2) is 5.63. The zero-order chi connectivity index (χ0) is 12.2. The van der Waals surface area contributed by atoms with Crippen molar-refractivity contribution in [2.75, 3.05) is 24.6 Å². The quantitative estimate of drug-likeness (QED) is 0.674. The van der Waals surface area contributed by atoms with E-state index >= 15 is 0 Å². The molecule has 1 rings (SSSR count). The third-order valence-electron chi connectivity index (χ3n) is 2.65. The molecule has 0 aromatic rings. The van der Waals surface area contributed by atoms with Gasteiger partial charge in [0.15, 0.2) is 9.84 Å². The topological polar surface area (TPSA) is 80.5 Å². The van der Waals surface area contributed by atoms with Crippen molar-refractivity contribution in [3.05, 3.63) is 0 Å². The molecule has 94 valence electrons. The maximum Gasteiger partial charge on any atom is 0.238 e. The monoisotopic (exact) mass is 248 g/mol. The van der Waals surface area contributed by atoms with E-state index < -0.39 is 9.84 Å². The lowest BCUT2D eigenvalue weighted by atomic mass is 10.4. The number of carbonyl (C=O) groups excluding carboxylic acids is 1. The molecule has 0 radical (unpaired) electrons. The summed E-state index contributed by atoms with van der Waals surface area (Å²) in [5, 5.41) is 0. The van der Waals surface area contributed by atoms with Crippen LogP contribution in [0.1, 0.15) is 26.2 Å². The highest BCUT2D eigenvalue weighted by atomic mass is 32.2. The molecule has 5 nitrogen and oxygen atoms in total. The van der Waals surface area contributed by atoms with Crippen molar-refractivity contribution in [3.63, 3.8) is 0 Å². The van der Waals surface area contributed by atoms with Gasteiger partial charge in [0.2, 0.25) is 5.91 Å². The van der Waals surface area contributed by atoms with Gasteiger partial charge in [0, 0.05) is 12.6 Å². The predicted molar refractivity (Wildman–Crippen MR) is 62.7 cm³/mol. The highest BCUT2D eigenvalue weighted by Crippen LogP contribution is 2.26. The standard InChI is InChI=1S/C10H20N2O3S/c1-2-12(9-4-5-9)10(13)8-16(14,15)7-3-6-11/h9H,2-8,11H2,1H3. The summed E-state index contributed by atoms with van der Waals surface area (Å²) in [7, 11) is -3.28. The Kier molecular flexibility index (Phi) is 4.73. The number of rotatable bonds is 7. The zero-order valence-electron chi connectivity index (χ0n) is 9.68. The average Bonchev–Trinajstić information content (AvgIpc) is 2.99. The summed E-state index contributed by atoms with van der Waals surface area (Å²) >= 11 is 0. The van der Waals surface area contributed by atoms with E-state index in [0.717, 1.165) is 12.8 Å². The first kappa shape index (κ1) is 13.4. The minimum Gasteiger partial charge on any atom is -0.339 e. The van der Waals surface area contributed by atoms with Crippen LogP contribution >= 0.6 is 0 Å². The van der Waals surface area contributed by atoms with E-state index in [4.69, 9.17) is 5.73 Å². The van der Waals surface area contributed by atoms with Crippen molar-refractivity contribution < 1.29 is 13.2 Å². The van der Waals surface area contributed by atoms with Crippen LogP contribution in [0.4, 0.5) is 0 Å². The molecule has 1 saturated carbocycles. The van der Waals surface area contributed by atoms with E-state index in [9.17, 15) is 13.2 Å². The second-order valence-corrected chi connectivity index (χ2v) is 6.33. The van der Waals surface area contributed by atoms with E-state index in [0.29, 0.717) is 19.5 Å². The Morgan fingerprint density at radius 3 is 2.50 bits per heavy atom. The summed E-state index contributed by atoms with van der Waals surface area (Å²) in [4.78, 5) is 13.4. The molecule has 0 heterocycles. The maximum atomic E-state index is 11.8. The van der Waals surface area contributed by atoms with Crippen molar-refractivity contribution in [1.82, 2.24) is 4.90 Å². The summed E-state index contributed by atoms with van der Waals surface area (Å²) in [6.07, 6.45) is 2.43. The molecular weight excluding hydrogens is 228 g/mol. The largest absolute Gasteiger partial charge is 0.339 e. The molecule has 0 bridgehead atoms. The van der Waals surface area contributed by atoms with Gasteiger partial charge in [-0.05, 0) is 32.7 Å². The Bertz CT molecular complexity index is 336. The number of carbonyl (C=O) groups is 1. The van der Waals surface area contributed by atoms with Crippen molar-refractivity contribution >= 4 is 15.7 Å². The van der Waals surface area contributed by atoms with E-state index in [1.807, 2.05) is 6.92 Å². The minimum absolute atomic E-state index is 0.0114. The molecule has 1 fully saturated rings. The molecule has 0 saturated heterocycles. The Hall–Kier alpha value is -0.620. The van der Waals surface area contributed by atoms with Gasteiger partial charge >= 0.3 is 0 Å². The molecule has 0 aliphatic heterocycles. The number of nitrogens with zero attached hydrogens (tertiary/aromatic N) is 1. The van der Waals surface area contributed by atoms with Crippen molar-refractivity contribution in [2.24, 2.45) is 5.73 Å². The summed E-state index contributed by atoms with van der Waals surface area (Å²) < 4.78 is 23.1. The number of sulfone groups is 1. The first-order valence-electron chi connectivity index (χ1n) is 5.70. The zero-order valence-corrected chi connectivity index (χ0v) is 10.5. The van der Waals surface area contributed by atoms with Crippen LogP contribution in [0, 0.1) is 0 Å². The molecule has 0 atom stereocenters. The van der Waals surface area contributed by atoms with E-state index in [1.54, 1.807) is 4.90 Å². The summed E-state index contributed by atoms with van der Waals surface area (Å²) in [5.41, 5.74) is 5.25. The maximum absolute atomic E-state index is 11.8. The van der Waals surface area contributed by atoms with Crippen molar-refractivity contribution in [1.29, 1.82) is 0 Å². The van der Waals surface area contributed by atoms with Gasteiger partial charge in [0.25, 0.3) is 0 Å². The molecule has 6 heteroatoms. The number of amides is 1. The Labute approximate surface area is 96.9 Å². The molecule has 0 aromatic carbocycles. The van der Waals surface area contributed by atoms with Crippen molar-refractivity contribution in [3.8, 4) is 0 Å². The molecular formula is C10H20N2O3S. The van der Waals surface area contributed by atoms with Gasteiger partial charge in [-0.2, -0.15) is 0 Å². The fourth-order valence-corrected chi connectivity index (χ4v) is 2.96. The number of hydrogen-bond donors (Lipinski definition) is 1. The predicted octanol–water partition coefficient (Wildman–Crippen LogP) is -0.239. The minimum atomic E-state index is -3.28. The second-order valence-electron chi connectivity index (χ2n) is 4.15. The highest BCUT2D eigenvalue weighted by Gasteiger charge is 2.32. The Balaban J connectivity index is 2.48.